The average molecular weight is 284 g/mol. The van der Waals surface area contributed by atoms with Crippen molar-refractivity contribution in [2.24, 2.45) is 0 Å². The van der Waals surface area contributed by atoms with E-state index in [1.54, 1.807) is 0 Å². The third kappa shape index (κ3) is 4.16. The molecule has 0 saturated carbocycles. The van der Waals surface area contributed by atoms with E-state index in [0.717, 1.165) is 13.0 Å². The summed E-state index contributed by atoms with van der Waals surface area (Å²) in [7, 11) is 1.85. The molecule has 0 radical (unpaired) electrons. The summed E-state index contributed by atoms with van der Waals surface area (Å²) in [5, 5.41) is 21.7. The van der Waals surface area contributed by atoms with Crippen LogP contribution in [0.15, 0.2) is 4.42 Å². The van der Waals surface area contributed by atoms with Crippen molar-refractivity contribution in [2.45, 2.75) is 38.3 Å². The van der Waals surface area contributed by atoms with E-state index in [4.69, 9.17) is 9.15 Å². The van der Waals surface area contributed by atoms with Crippen LogP contribution in [0.25, 0.3) is 0 Å². The summed E-state index contributed by atoms with van der Waals surface area (Å²) >= 11 is 0. The van der Waals surface area contributed by atoms with Gasteiger partial charge in [-0.15, -0.1) is 5.10 Å². The molecule has 1 aliphatic rings. The molecule has 114 valence electrons. The SMILES string of the molecule is CCCNCc1nnc(N(C)CC2(O)CCOCC2)o1. The second-order valence-electron chi connectivity index (χ2n) is 5.35. The van der Waals surface area contributed by atoms with Gasteiger partial charge in [0.1, 0.15) is 0 Å². The Balaban J connectivity index is 1.87. The summed E-state index contributed by atoms with van der Waals surface area (Å²) in [6.45, 7) is 5.27. The van der Waals surface area contributed by atoms with Crippen LogP contribution >= 0.6 is 0 Å². The highest BCUT2D eigenvalue weighted by Gasteiger charge is 2.32. The molecule has 1 saturated heterocycles. The number of ether oxygens (including phenoxy) is 1. The highest BCUT2D eigenvalue weighted by atomic mass is 16.5. The van der Waals surface area contributed by atoms with Crippen molar-refractivity contribution in [2.75, 3.05) is 38.3 Å². The number of hydrogen-bond donors (Lipinski definition) is 2. The van der Waals surface area contributed by atoms with Gasteiger partial charge in [-0.1, -0.05) is 12.0 Å². The van der Waals surface area contributed by atoms with E-state index in [2.05, 4.69) is 22.4 Å². The Morgan fingerprint density at radius 2 is 2.10 bits per heavy atom. The smallest absolute Gasteiger partial charge is 0.318 e. The zero-order chi connectivity index (χ0) is 14.4. The lowest BCUT2D eigenvalue weighted by Crippen LogP contribution is -2.45. The first-order valence-electron chi connectivity index (χ1n) is 7.17. The van der Waals surface area contributed by atoms with Crippen LogP contribution in [-0.2, 0) is 11.3 Å². The zero-order valence-electron chi connectivity index (χ0n) is 12.3. The van der Waals surface area contributed by atoms with Gasteiger partial charge in [0.05, 0.1) is 18.7 Å². The average Bonchev–Trinajstić information content (AvgIpc) is 2.88. The normalized spacial score (nSPS) is 18.1. The van der Waals surface area contributed by atoms with Crippen molar-refractivity contribution in [1.29, 1.82) is 0 Å². The van der Waals surface area contributed by atoms with Crippen molar-refractivity contribution >= 4 is 6.01 Å². The van der Waals surface area contributed by atoms with E-state index in [9.17, 15) is 5.11 Å². The molecule has 0 bridgehead atoms. The Bertz CT molecular complexity index is 404. The van der Waals surface area contributed by atoms with Crippen molar-refractivity contribution in [3.8, 4) is 0 Å². The quantitative estimate of drug-likeness (QED) is 0.707. The van der Waals surface area contributed by atoms with E-state index in [1.165, 1.54) is 0 Å². The molecule has 0 amide bonds. The first kappa shape index (κ1) is 15.2. The number of nitrogens with zero attached hydrogens (tertiary/aromatic N) is 3. The summed E-state index contributed by atoms with van der Waals surface area (Å²) in [6.07, 6.45) is 2.34. The van der Waals surface area contributed by atoms with Gasteiger partial charge >= 0.3 is 6.01 Å². The van der Waals surface area contributed by atoms with E-state index in [0.29, 0.717) is 51.1 Å². The molecule has 0 aliphatic carbocycles. The molecule has 0 unspecified atom stereocenters. The third-order valence-corrected chi connectivity index (χ3v) is 3.44. The predicted molar refractivity (Wildman–Crippen MR) is 74.6 cm³/mol. The Labute approximate surface area is 119 Å². The van der Waals surface area contributed by atoms with E-state index < -0.39 is 5.60 Å². The van der Waals surface area contributed by atoms with Crippen molar-refractivity contribution in [3.63, 3.8) is 0 Å². The fourth-order valence-corrected chi connectivity index (χ4v) is 2.26. The molecule has 1 fully saturated rings. The molecular weight excluding hydrogens is 260 g/mol. The molecule has 1 aromatic rings. The van der Waals surface area contributed by atoms with Crippen LogP contribution in [0.1, 0.15) is 32.1 Å². The predicted octanol–water partition coefficient (Wildman–Crippen LogP) is 0.547. The lowest BCUT2D eigenvalue weighted by molar-refractivity contribution is -0.0576. The molecular formula is C13H24N4O3. The highest BCUT2D eigenvalue weighted by molar-refractivity contribution is 5.23. The molecule has 0 aromatic carbocycles. The molecule has 0 atom stereocenters. The Morgan fingerprint density at radius 3 is 2.80 bits per heavy atom. The molecule has 0 spiro atoms. The summed E-state index contributed by atoms with van der Waals surface area (Å²) in [5.41, 5.74) is -0.734. The molecule has 7 heteroatoms. The maximum Gasteiger partial charge on any atom is 0.318 e. The molecule has 7 nitrogen and oxygen atoms in total. The number of nitrogens with one attached hydrogen (secondary N) is 1. The summed E-state index contributed by atoms with van der Waals surface area (Å²) < 4.78 is 10.9. The number of aliphatic hydroxyl groups is 1. The maximum absolute atomic E-state index is 10.5. The van der Waals surface area contributed by atoms with Gasteiger partial charge < -0.3 is 24.5 Å². The van der Waals surface area contributed by atoms with Gasteiger partial charge in [-0.3, -0.25) is 0 Å². The minimum atomic E-state index is -0.734. The Kier molecular flexibility index (Phi) is 5.33. The molecule has 1 aliphatic heterocycles. The first-order chi connectivity index (χ1) is 9.63. The van der Waals surface area contributed by atoms with Gasteiger partial charge in [0.2, 0.25) is 5.89 Å². The molecule has 2 heterocycles. The lowest BCUT2D eigenvalue weighted by atomic mass is 9.94. The Hall–Kier alpha value is -1.18. The zero-order valence-corrected chi connectivity index (χ0v) is 12.3. The maximum atomic E-state index is 10.5. The number of rotatable bonds is 7. The number of hydrogen-bond acceptors (Lipinski definition) is 7. The summed E-state index contributed by atoms with van der Waals surface area (Å²) in [5.74, 6) is 0.569. The molecule has 2 rings (SSSR count). The number of aromatic nitrogens is 2. The van der Waals surface area contributed by atoms with E-state index >= 15 is 0 Å². The van der Waals surface area contributed by atoms with Crippen LogP contribution in [0.2, 0.25) is 0 Å². The van der Waals surface area contributed by atoms with Crippen LogP contribution in [0, 0.1) is 0 Å². The fraction of sp³-hybridized carbons (Fsp3) is 0.846. The highest BCUT2D eigenvalue weighted by Crippen LogP contribution is 2.23. The first-order valence-corrected chi connectivity index (χ1v) is 7.17. The minimum Gasteiger partial charge on any atom is -0.407 e. The van der Waals surface area contributed by atoms with E-state index in [1.807, 2.05) is 11.9 Å². The van der Waals surface area contributed by atoms with Gasteiger partial charge in [-0.2, -0.15) is 0 Å². The van der Waals surface area contributed by atoms with Crippen LogP contribution in [-0.4, -0.2) is 54.3 Å². The second-order valence-corrected chi connectivity index (χ2v) is 5.35. The largest absolute Gasteiger partial charge is 0.407 e. The lowest BCUT2D eigenvalue weighted by Gasteiger charge is -2.34. The van der Waals surface area contributed by atoms with Crippen LogP contribution < -0.4 is 10.2 Å². The van der Waals surface area contributed by atoms with Gasteiger partial charge in [-0.25, -0.2) is 0 Å². The number of likely N-dealkylation sites (N-methyl/N-ethyl adjacent to an activating group) is 1. The van der Waals surface area contributed by atoms with Gasteiger partial charge in [0, 0.05) is 33.1 Å². The second kappa shape index (κ2) is 7.01. The van der Waals surface area contributed by atoms with Crippen molar-refractivity contribution < 1.29 is 14.3 Å². The monoisotopic (exact) mass is 284 g/mol. The molecule has 2 N–H and O–H groups in total. The topological polar surface area (TPSA) is 83.7 Å². The third-order valence-electron chi connectivity index (χ3n) is 3.44. The van der Waals surface area contributed by atoms with E-state index in [-0.39, 0.29) is 0 Å². The van der Waals surface area contributed by atoms with Crippen molar-refractivity contribution in [3.05, 3.63) is 5.89 Å². The summed E-state index contributed by atoms with van der Waals surface area (Å²) in [4.78, 5) is 1.81. The van der Waals surface area contributed by atoms with Crippen LogP contribution in [0.5, 0.6) is 0 Å². The fourth-order valence-electron chi connectivity index (χ4n) is 2.26. The van der Waals surface area contributed by atoms with Gasteiger partial charge in [0.15, 0.2) is 0 Å². The molecule has 1 aromatic heterocycles. The van der Waals surface area contributed by atoms with Gasteiger partial charge in [0.25, 0.3) is 0 Å². The minimum absolute atomic E-state index is 0.443. The Morgan fingerprint density at radius 1 is 1.35 bits per heavy atom. The van der Waals surface area contributed by atoms with Crippen LogP contribution in [0.3, 0.4) is 0 Å². The van der Waals surface area contributed by atoms with Crippen LogP contribution in [0.4, 0.5) is 6.01 Å². The van der Waals surface area contributed by atoms with Crippen molar-refractivity contribution in [1.82, 2.24) is 15.5 Å². The molecule has 20 heavy (non-hydrogen) atoms. The number of anilines is 1. The standard InChI is InChI=1S/C13H24N4O3/c1-3-6-14-9-11-15-16-12(20-11)17(2)10-13(18)4-7-19-8-5-13/h14,18H,3-10H2,1-2H3. The summed E-state index contributed by atoms with van der Waals surface area (Å²) in [6, 6.07) is 0.443. The van der Waals surface area contributed by atoms with Gasteiger partial charge in [-0.05, 0) is 13.0 Å².